The molecule has 2 aromatic rings. The highest BCUT2D eigenvalue weighted by atomic mass is 19.1. The van der Waals surface area contributed by atoms with Gasteiger partial charge in [-0.2, -0.15) is 4.98 Å². The van der Waals surface area contributed by atoms with Crippen molar-refractivity contribution in [2.45, 2.75) is 18.8 Å². The Morgan fingerprint density at radius 3 is 3.00 bits per heavy atom. The molecule has 0 amide bonds. The van der Waals surface area contributed by atoms with Crippen LogP contribution in [0.1, 0.15) is 12.6 Å². The Bertz CT molecular complexity index is 627. The second kappa shape index (κ2) is 3.91. The summed E-state index contributed by atoms with van der Waals surface area (Å²) in [6.07, 6.45) is 1.40. The van der Waals surface area contributed by atoms with Crippen LogP contribution in [-0.2, 0) is 4.74 Å². The Kier molecular flexibility index (Phi) is 2.37. The summed E-state index contributed by atoms with van der Waals surface area (Å²) in [6, 6.07) is 0. The number of hydrogen-bond donors (Lipinski definition) is 2. The fraction of sp³-hybridized carbons (Fsp3) is 0.300. The molecule has 1 aliphatic rings. The first-order chi connectivity index (χ1) is 8.70. The van der Waals surface area contributed by atoms with E-state index in [0.29, 0.717) is 5.65 Å². The van der Waals surface area contributed by atoms with E-state index >= 15 is 0 Å². The lowest BCUT2D eigenvalue weighted by atomic mass is 10.2. The zero-order valence-corrected chi connectivity index (χ0v) is 9.06. The van der Waals surface area contributed by atoms with Gasteiger partial charge in [-0.3, -0.25) is 4.57 Å². The standard InChI is InChI=1S/C10H9FN4O3/c11-2-6-5(16)1-7(18-6)15-4-14-8-9(15)12-3-13-10(8)17/h2-5,7,16H,1H2,(H,12,13,17)/b6-2-/t5?,7-/m1/s1. The average molecular weight is 252 g/mol. The Labute approximate surface area is 100 Å². The molecule has 0 saturated carbocycles. The Balaban J connectivity index is 2.04. The van der Waals surface area contributed by atoms with E-state index in [1.807, 2.05) is 0 Å². The molecule has 18 heavy (non-hydrogen) atoms. The topological polar surface area (TPSA) is 93.3 Å². The summed E-state index contributed by atoms with van der Waals surface area (Å²) in [5.41, 5.74) is 0.591. The first-order valence-electron chi connectivity index (χ1n) is 5.22. The fourth-order valence-electron chi connectivity index (χ4n) is 1.91. The summed E-state index contributed by atoms with van der Waals surface area (Å²) in [6.45, 7) is 0. The molecule has 8 heteroatoms. The molecule has 3 heterocycles. The molecule has 2 N–H and O–H groups in total. The molecule has 1 aliphatic heterocycles. The van der Waals surface area contributed by atoms with Crippen molar-refractivity contribution in [3.63, 3.8) is 0 Å². The van der Waals surface area contributed by atoms with Crippen molar-refractivity contribution in [2.24, 2.45) is 0 Å². The zero-order valence-electron chi connectivity index (χ0n) is 9.06. The molecule has 94 valence electrons. The van der Waals surface area contributed by atoms with E-state index in [2.05, 4.69) is 15.0 Å². The van der Waals surface area contributed by atoms with E-state index in [1.165, 1.54) is 17.2 Å². The van der Waals surface area contributed by atoms with E-state index in [4.69, 9.17) is 4.74 Å². The van der Waals surface area contributed by atoms with Gasteiger partial charge in [0.2, 0.25) is 5.88 Å². The first kappa shape index (κ1) is 10.9. The van der Waals surface area contributed by atoms with Crippen molar-refractivity contribution in [3.05, 3.63) is 24.7 Å². The lowest BCUT2D eigenvalue weighted by Crippen LogP contribution is -2.07. The van der Waals surface area contributed by atoms with Gasteiger partial charge in [-0.25, -0.2) is 14.4 Å². The van der Waals surface area contributed by atoms with E-state index in [9.17, 15) is 14.6 Å². The minimum absolute atomic E-state index is 0.125. The first-order valence-corrected chi connectivity index (χ1v) is 5.22. The van der Waals surface area contributed by atoms with E-state index in [-0.39, 0.29) is 29.9 Å². The summed E-state index contributed by atoms with van der Waals surface area (Å²) in [4.78, 5) is 11.5. The van der Waals surface area contributed by atoms with Crippen molar-refractivity contribution >= 4 is 11.2 Å². The number of aromatic hydroxyl groups is 1. The maximum atomic E-state index is 12.4. The molecule has 3 rings (SSSR count). The summed E-state index contributed by atoms with van der Waals surface area (Å²) < 4.78 is 19.1. The maximum Gasteiger partial charge on any atom is 0.242 e. The molecule has 0 radical (unpaired) electrons. The van der Waals surface area contributed by atoms with Crippen LogP contribution >= 0.6 is 0 Å². The molecule has 1 unspecified atom stereocenters. The van der Waals surface area contributed by atoms with Crippen LogP contribution in [0.5, 0.6) is 5.88 Å². The van der Waals surface area contributed by atoms with Gasteiger partial charge >= 0.3 is 0 Å². The Hall–Kier alpha value is -2.22. The second-order valence-corrected chi connectivity index (χ2v) is 3.86. The van der Waals surface area contributed by atoms with Gasteiger partial charge < -0.3 is 14.9 Å². The van der Waals surface area contributed by atoms with Gasteiger partial charge in [0, 0.05) is 6.42 Å². The largest absolute Gasteiger partial charge is 0.492 e. The van der Waals surface area contributed by atoms with Gasteiger partial charge in [0.25, 0.3) is 0 Å². The molecule has 2 atom stereocenters. The fourth-order valence-corrected chi connectivity index (χ4v) is 1.91. The number of aromatic nitrogens is 4. The number of fused-ring (bicyclic) bond motifs is 1. The summed E-state index contributed by atoms with van der Waals surface area (Å²) in [5, 5.41) is 19.0. The average Bonchev–Trinajstić information content (AvgIpc) is 2.93. The van der Waals surface area contributed by atoms with Crippen LogP contribution in [0.2, 0.25) is 0 Å². The summed E-state index contributed by atoms with van der Waals surface area (Å²) in [5.74, 6) is -0.362. The van der Waals surface area contributed by atoms with Crippen molar-refractivity contribution in [1.29, 1.82) is 0 Å². The van der Waals surface area contributed by atoms with Crippen LogP contribution < -0.4 is 0 Å². The third-order valence-electron chi connectivity index (χ3n) is 2.78. The van der Waals surface area contributed by atoms with Crippen molar-refractivity contribution < 1.29 is 19.3 Å². The van der Waals surface area contributed by atoms with Crippen LogP contribution in [0.4, 0.5) is 4.39 Å². The third kappa shape index (κ3) is 1.50. The van der Waals surface area contributed by atoms with Crippen molar-refractivity contribution in [2.75, 3.05) is 0 Å². The molecule has 0 spiro atoms. The molecule has 1 saturated heterocycles. The number of halogens is 1. The third-order valence-corrected chi connectivity index (χ3v) is 2.78. The van der Waals surface area contributed by atoms with Crippen molar-refractivity contribution in [3.8, 4) is 5.88 Å². The van der Waals surface area contributed by atoms with Gasteiger partial charge in [0.15, 0.2) is 23.2 Å². The highest BCUT2D eigenvalue weighted by Crippen LogP contribution is 2.33. The lowest BCUT2D eigenvalue weighted by Gasteiger charge is -2.11. The molecule has 2 aromatic heterocycles. The van der Waals surface area contributed by atoms with E-state index in [1.54, 1.807) is 0 Å². The number of hydrogen-bond acceptors (Lipinski definition) is 6. The van der Waals surface area contributed by atoms with Crippen LogP contribution in [0.3, 0.4) is 0 Å². The van der Waals surface area contributed by atoms with E-state index in [0.717, 1.165) is 0 Å². The molecular formula is C10H9FN4O3. The molecule has 0 bridgehead atoms. The quantitative estimate of drug-likeness (QED) is 0.772. The Morgan fingerprint density at radius 2 is 2.28 bits per heavy atom. The number of ether oxygens (including phenoxy) is 1. The predicted octanol–water partition coefficient (Wildman–Crippen LogP) is 0.623. The molecule has 7 nitrogen and oxygen atoms in total. The van der Waals surface area contributed by atoms with Crippen molar-refractivity contribution in [1.82, 2.24) is 19.5 Å². The number of nitrogens with zero attached hydrogens (tertiary/aromatic N) is 4. The van der Waals surface area contributed by atoms with Gasteiger partial charge in [-0.15, -0.1) is 0 Å². The second-order valence-electron chi connectivity index (χ2n) is 3.86. The Morgan fingerprint density at radius 1 is 1.44 bits per heavy atom. The van der Waals surface area contributed by atoms with E-state index < -0.39 is 12.3 Å². The number of aliphatic hydroxyl groups is 1. The monoisotopic (exact) mass is 252 g/mol. The molecule has 0 aliphatic carbocycles. The predicted molar refractivity (Wildman–Crippen MR) is 56.9 cm³/mol. The lowest BCUT2D eigenvalue weighted by molar-refractivity contribution is 0.0977. The number of imidazole rings is 1. The minimum atomic E-state index is -0.993. The number of aliphatic hydroxyl groups excluding tert-OH is 1. The van der Waals surface area contributed by atoms with Gasteiger partial charge in [-0.05, 0) is 0 Å². The van der Waals surface area contributed by atoms with Crippen LogP contribution in [0.25, 0.3) is 11.2 Å². The number of rotatable bonds is 1. The van der Waals surface area contributed by atoms with Crippen LogP contribution in [0, 0.1) is 0 Å². The summed E-state index contributed by atoms with van der Waals surface area (Å²) in [7, 11) is 0. The smallest absolute Gasteiger partial charge is 0.242 e. The molecular weight excluding hydrogens is 243 g/mol. The highest BCUT2D eigenvalue weighted by Gasteiger charge is 2.32. The highest BCUT2D eigenvalue weighted by molar-refractivity contribution is 5.75. The summed E-state index contributed by atoms with van der Waals surface area (Å²) >= 11 is 0. The SMILES string of the molecule is Oc1ncnc2c1ncn2[C@H]1CC(O)/C(=C/F)O1. The van der Waals surface area contributed by atoms with Crippen LogP contribution in [0.15, 0.2) is 24.7 Å². The minimum Gasteiger partial charge on any atom is -0.492 e. The zero-order chi connectivity index (χ0) is 12.7. The van der Waals surface area contributed by atoms with Crippen LogP contribution in [-0.4, -0.2) is 35.8 Å². The molecule has 0 aromatic carbocycles. The van der Waals surface area contributed by atoms with Gasteiger partial charge in [-0.1, -0.05) is 0 Å². The normalized spacial score (nSPS) is 25.8. The van der Waals surface area contributed by atoms with Gasteiger partial charge in [0.05, 0.1) is 0 Å². The maximum absolute atomic E-state index is 12.4. The van der Waals surface area contributed by atoms with Gasteiger partial charge in [0.1, 0.15) is 25.1 Å². The molecule has 1 fully saturated rings.